The van der Waals surface area contributed by atoms with E-state index in [9.17, 15) is 9.59 Å². The minimum Gasteiger partial charge on any atom is -0.303 e. The molecule has 0 bridgehead atoms. The third-order valence-electron chi connectivity index (χ3n) is 1.65. The van der Waals surface area contributed by atoms with Gasteiger partial charge in [-0.3, -0.25) is 4.79 Å². The van der Waals surface area contributed by atoms with Crippen LogP contribution >= 0.6 is 15.9 Å². The first-order valence-corrected chi connectivity index (χ1v) is 4.84. The fraction of sp³-hybridized carbons (Fsp3) is 0.200. The zero-order valence-corrected chi connectivity index (χ0v) is 8.53. The van der Waals surface area contributed by atoms with E-state index in [1.807, 2.05) is 6.07 Å². The summed E-state index contributed by atoms with van der Waals surface area (Å²) in [4.78, 5) is 21.3. The van der Waals surface area contributed by atoms with Crippen LogP contribution in [0.1, 0.15) is 16.8 Å². The van der Waals surface area contributed by atoms with Crippen LogP contribution in [-0.2, 0) is 4.79 Å². The highest BCUT2D eigenvalue weighted by molar-refractivity contribution is 9.10. The molecule has 1 atom stereocenters. The number of hydrogen-bond acceptors (Lipinski definition) is 2. The fourth-order valence-corrected chi connectivity index (χ4v) is 1.39. The summed E-state index contributed by atoms with van der Waals surface area (Å²) in [5.41, 5.74) is 0.631. The highest BCUT2D eigenvalue weighted by atomic mass is 79.9. The molecule has 2 nitrogen and oxygen atoms in total. The Labute approximate surface area is 85.1 Å². The highest BCUT2D eigenvalue weighted by Gasteiger charge is 2.15. The molecule has 0 heterocycles. The van der Waals surface area contributed by atoms with Crippen LogP contribution in [0, 0.1) is 0 Å². The number of carbonyl (C=O) groups is 2. The minimum atomic E-state index is -0.396. The number of carbonyl (C=O) groups excluding carboxylic acids is 2. The molecule has 1 unspecified atom stereocenters. The van der Waals surface area contributed by atoms with Crippen LogP contribution in [-0.4, -0.2) is 16.9 Å². The lowest BCUT2D eigenvalue weighted by Gasteiger charge is -2.03. The molecule has 0 N–H and O–H groups in total. The van der Waals surface area contributed by atoms with Gasteiger partial charge in [-0.15, -0.1) is 0 Å². The Morgan fingerprint density at radius 3 is 2.54 bits per heavy atom. The van der Waals surface area contributed by atoms with Crippen LogP contribution < -0.4 is 0 Å². The number of ketones is 1. The number of benzene rings is 1. The predicted molar refractivity (Wildman–Crippen MR) is 54.2 cm³/mol. The SMILES string of the molecule is O=CCC(Br)C(=O)c1ccccc1. The van der Waals surface area contributed by atoms with Gasteiger partial charge in [0.2, 0.25) is 0 Å². The summed E-state index contributed by atoms with van der Waals surface area (Å²) in [6.45, 7) is 0. The van der Waals surface area contributed by atoms with Crippen LogP contribution in [0.5, 0.6) is 0 Å². The maximum Gasteiger partial charge on any atom is 0.176 e. The Hall–Kier alpha value is -0.960. The Kier molecular flexibility index (Phi) is 3.83. The van der Waals surface area contributed by atoms with E-state index in [-0.39, 0.29) is 12.2 Å². The van der Waals surface area contributed by atoms with Crippen molar-refractivity contribution in [2.24, 2.45) is 0 Å². The van der Waals surface area contributed by atoms with E-state index in [2.05, 4.69) is 15.9 Å². The summed E-state index contributed by atoms with van der Waals surface area (Å²) < 4.78 is 0. The molecule has 0 saturated carbocycles. The lowest BCUT2D eigenvalue weighted by Crippen LogP contribution is -2.14. The molecule has 1 aromatic rings. The van der Waals surface area contributed by atoms with E-state index >= 15 is 0 Å². The molecule has 0 radical (unpaired) electrons. The van der Waals surface area contributed by atoms with Crippen molar-refractivity contribution in [3.63, 3.8) is 0 Å². The first-order chi connectivity index (χ1) is 6.25. The summed E-state index contributed by atoms with van der Waals surface area (Å²) in [5.74, 6) is -0.0484. The van der Waals surface area contributed by atoms with Gasteiger partial charge in [0, 0.05) is 12.0 Å². The summed E-state index contributed by atoms with van der Waals surface area (Å²) in [6, 6.07) is 8.92. The molecule has 0 aliphatic heterocycles. The Bertz CT molecular complexity index is 295. The third-order valence-corrected chi connectivity index (χ3v) is 2.44. The average molecular weight is 241 g/mol. The lowest BCUT2D eigenvalue weighted by molar-refractivity contribution is -0.107. The Balaban J connectivity index is 2.73. The van der Waals surface area contributed by atoms with Crippen LogP contribution in [0.25, 0.3) is 0 Å². The molecule has 1 aromatic carbocycles. The smallest absolute Gasteiger partial charge is 0.176 e. The molecule has 0 amide bonds. The van der Waals surface area contributed by atoms with Crippen LogP contribution in [0.15, 0.2) is 30.3 Å². The van der Waals surface area contributed by atoms with E-state index in [1.165, 1.54) is 0 Å². The third kappa shape index (κ3) is 2.77. The van der Waals surface area contributed by atoms with Crippen molar-refractivity contribution >= 4 is 28.0 Å². The summed E-state index contributed by atoms with van der Waals surface area (Å²) in [5, 5.41) is 0. The fourth-order valence-electron chi connectivity index (χ4n) is 0.975. The van der Waals surface area contributed by atoms with Crippen molar-refractivity contribution < 1.29 is 9.59 Å². The molecule has 3 heteroatoms. The van der Waals surface area contributed by atoms with Gasteiger partial charge < -0.3 is 4.79 Å². The molecule has 0 aromatic heterocycles. The van der Waals surface area contributed by atoms with Crippen LogP contribution in [0.3, 0.4) is 0 Å². The number of hydrogen-bond donors (Lipinski definition) is 0. The normalized spacial score (nSPS) is 12.1. The standard InChI is InChI=1S/C10H9BrO2/c11-9(6-7-12)10(13)8-4-2-1-3-5-8/h1-5,7,9H,6H2. The second kappa shape index (κ2) is 4.92. The van der Waals surface area contributed by atoms with Gasteiger partial charge in [-0.05, 0) is 0 Å². The Morgan fingerprint density at radius 2 is 2.00 bits per heavy atom. The van der Waals surface area contributed by atoms with Gasteiger partial charge in [-0.1, -0.05) is 46.3 Å². The van der Waals surface area contributed by atoms with Crippen molar-refractivity contribution in [3.05, 3.63) is 35.9 Å². The molecular weight excluding hydrogens is 232 g/mol. The molecule has 0 aliphatic rings. The predicted octanol–water partition coefficient (Wildman–Crippen LogP) is 2.22. The van der Waals surface area contributed by atoms with Crippen molar-refractivity contribution in [3.8, 4) is 0 Å². The second-order valence-corrected chi connectivity index (χ2v) is 3.71. The van der Waals surface area contributed by atoms with Crippen molar-refractivity contribution in [1.82, 2.24) is 0 Å². The van der Waals surface area contributed by atoms with Crippen LogP contribution in [0.2, 0.25) is 0 Å². The summed E-state index contributed by atoms with van der Waals surface area (Å²) in [6.07, 6.45) is 0.952. The van der Waals surface area contributed by atoms with E-state index in [0.29, 0.717) is 5.56 Å². The van der Waals surface area contributed by atoms with Gasteiger partial charge in [-0.2, -0.15) is 0 Å². The first-order valence-electron chi connectivity index (χ1n) is 3.92. The molecule has 0 fully saturated rings. The summed E-state index contributed by atoms with van der Waals surface area (Å²) in [7, 11) is 0. The van der Waals surface area contributed by atoms with Gasteiger partial charge in [0.15, 0.2) is 5.78 Å². The Morgan fingerprint density at radius 1 is 1.38 bits per heavy atom. The monoisotopic (exact) mass is 240 g/mol. The quantitative estimate of drug-likeness (QED) is 0.460. The van der Waals surface area contributed by atoms with Gasteiger partial charge in [0.1, 0.15) is 6.29 Å². The van der Waals surface area contributed by atoms with Gasteiger partial charge in [-0.25, -0.2) is 0 Å². The van der Waals surface area contributed by atoms with Crippen molar-refractivity contribution in [1.29, 1.82) is 0 Å². The van der Waals surface area contributed by atoms with Gasteiger partial charge in [0.25, 0.3) is 0 Å². The lowest BCUT2D eigenvalue weighted by atomic mass is 10.1. The van der Waals surface area contributed by atoms with E-state index in [4.69, 9.17) is 0 Å². The number of halogens is 1. The van der Waals surface area contributed by atoms with E-state index in [1.54, 1.807) is 24.3 Å². The number of alkyl halides is 1. The maximum atomic E-state index is 11.5. The van der Waals surface area contributed by atoms with Crippen molar-refractivity contribution in [2.45, 2.75) is 11.2 Å². The number of aldehydes is 1. The maximum absolute atomic E-state index is 11.5. The molecule has 0 saturated heterocycles. The van der Waals surface area contributed by atoms with Gasteiger partial charge >= 0.3 is 0 Å². The zero-order valence-electron chi connectivity index (χ0n) is 6.94. The zero-order chi connectivity index (χ0) is 9.68. The van der Waals surface area contributed by atoms with E-state index in [0.717, 1.165) is 6.29 Å². The first kappa shape index (κ1) is 10.1. The largest absolute Gasteiger partial charge is 0.303 e. The molecule has 1 rings (SSSR count). The molecular formula is C10H9BrO2. The van der Waals surface area contributed by atoms with Crippen LogP contribution in [0.4, 0.5) is 0 Å². The summed E-state index contributed by atoms with van der Waals surface area (Å²) >= 11 is 3.16. The molecule has 0 spiro atoms. The molecule has 68 valence electrons. The number of rotatable bonds is 4. The van der Waals surface area contributed by atoms with E-state index < -0.39 is 4.83 Å². The van der Waals surface area contributed by atoms with Crippen molar-refractivity contribution in [2.75, 3.05) is 0 Å². The number of Topliss-reactive ketones (excluding diaryl/α,β-unsaturated/α-hetero) is 1. The topological polar surface area (TPSA) is 34.1 Å². The minimum absolute atomic E-state index is 0.0484. The van der Waals surface area contributed by atoms with Gasteiger partial charge in [0.05, 0.1) is 4.83 Å². The molecule has 13 heavy (non-hydrogen) atoms. The highest BCUT2D eigenvalue weighted by Crippen LogP contribution is 2.11. The molecule has 0 aliphatic carbocycles. The average Bonchev–Trinajstić information content (AvgIpc) is 2.18. The second-order valence-electron chi connectivity index (χ2n) is 2.60.